The summed E-state index contributed by atoms with van der Waals surface area (Å²) in [6.45, 7) is -0.383. The average Bonchev–Trinajstić information content (AvgIpc) is 2.84. The SMILES string of the molecule is NC1(Cc2ccccc2CF)CC1. The minimum atomic E-state index is -0.383. The van der Waals surface area contributed by atoms with Crippen molar-refractivity contribution in [3.63, 3.8) is 0 Å². The van der Waals surface area contributed by atoms with Gasteiger partial charge in [0.15, 0.2) is 0 Å². The number of nitrogens with two attached hydrogens (primary N) is 1. The van der Waals surface area contributed by atoms with Gasteiger partial charge in [-0.3, -0.25) is 0 Å². The molecule has 0 bridgehead atoms. The fourth-order valence-electron chi connectivity index (χ4n) is 1.58. The number of alkyl halides is 1. The fourth-order valence-corrected chi connectivity index (χ4v) is 1.58. The van der Waals surface area contributed by atoms with Gasteiger partial charge >= 0.3 is 0 Å². The summed E-state index contributed by atoms with van der Waals surface area (Å²) in [7, 11) is 0. The highest BCUT2D eigenvalue weighted by Gasteiger charge is 2.38. The Balaban J connectivity index is 2.18. The standard InChI is InChI=1S/C11H14FN/c12-8-10-4-2-1-3-9(10)7-11(13)5-6-11/h1-4H,5-8,13H2. The van der Waals surface area contributed by atoms with Crippen molar-refractivity contribution in [3.05, 3.63) is 35.4 Å². The third kappa shape index (κ3) is 1.89. The van der Waals surface area contributed by atoms with Crippen LogP contribution >= 0.6 is 0 Å². The first-order valence-electron chi connectivity index (χ1n) is 4.65. The molecular weight excluding hydrogens is 165 g/mol. The monoisotopic (exact) mass is 179 g/mol. The van der Waals surface area contributed by atoms with Crippen LogP contribution < -0.4 is 5.73 Å². The maximum absolute atomic E-state index is 12.5. The predicted molar refractivity (Wildman–Crippen MR) is 51.1 cm³/mol. The van der Waals surface area contributed by atoms with Gasteiger partial charge in [0.2, 0.25) is 0 Å². The zero-order valence-electron chi connectivity index (χ0n) is 7.59. The molecule has 0 atom stereocenters. The van der Waals surface area contributed by atoms with E-state index in [-0.39, 0.29) is 12.2 Å². The molecule has 1 aliphatic carbocycles. The molecule has 0 unspecified atom stereocenters. The second kappa shape index (κ2) is 3.11. The molecule has 2 N–H and O–H groups in total. The van der Waals surface area contributed by atoms with Gasteiger partial charge in [0, 0.05) is 5.54 Å². The van der Waals surface area contributed by atoms with E-state index in [0.29, 0.717) is 0 Å². The normalized spacial score (nSPS) is 18.6. The molecule has 0 aliphatic heterocycles. The van der Waals surface area contributed by atoms with Crippen LogP contribution in [-0.2, 0) is 13.1 Å². The van der Waals surface area contributed by atoms with Crippen molar-refractivity contribution in [1.82, 2.24) is 0 Å². The minimum absolute atomic E-state index is 0.0225. The molecule has 13 heavy (non-hydrogen) atoms. The lowest BCUT2D eigenvalue weighted by molar-refractivity contribution is 0.480. The van der Waals surface area contributed by atoms with Gasteiger partial charge in [-0.2, -0.15) is 0 Å². The highest BCUT2D eigenvalue weighted by Crippen LogP contribution is 2.36. The smallest absolute Gasteiger partial charge is 0.115 e. The zero-order chi connectivity index (χ0) is 9.31. The Labute approximate surface area is 77.8 Å². The molecule has 1 aromatic rings. The van der Waals surface area contributed by atoms with E-state index in [0.717, 1.165) is 30.4 Å². The van der Waals surface area contributed by atoms with E-state index in [4.69, 9.17) is 5.73 Å². The van der Waals surface area contributed by atoms with Crippen LogP contribution in [0.5, 0.6) is 0 Å². The van der Waals surface area contributed by atoms with Crippen LogP contribution in [0.15, 0.2) is 24.3 Å². The largest absolute Gasteiger partial charge is 0.325 e. The topological polar surface area (TPSA) is 26.0 Å². The molecule has 0 heterocycles. The maximum Gasteiger partial charge on any atom is 0.115 e. The van der Waals surface area contributed by atoms with Gasteiger partial charge < -0.3 is 5.73 Å². The highest BCUT2D eigenvalue weighted by atomic mass is 19.1. The Morgan fingerprint density at radius 3 is 2.38 bits per heavy atom. The lowest BCUT2D eigenvalue weighted by Gasteiger charge is -2.11. The van der Waals surface area contributed by atoms with Gasteiger partial charge in [-0.1, -0.05) is 24.3 Å². The van der Waals surface area contributed by atoms with Crippen molar-refractivity contribution in [2.75, 3.05) is 0 Å². The van der Waals surface area contributed by atoms with Crippen LogP contribution in [0, 0.1) is 0 Å². The summed E-state index contributed by atoms with van der Waals surface area (Å²) in [5.41, 5.74) is 7.82. The summed E-state index contributed by atoms with van der Waals surface area (Å²) in [6, 6.07) is 7.62. The molecule has 0 amide bonds. The quantitative estimate of drug-likeness (QED) is 0.756. The van der Waals surface area contributed by atoms with Crippen molar-refractivity contribution in [2.24, 2.45) is 5.73 Å². The Bertz CT molecular complexity index is 305. The van der Waals surface area contributed by atoms with Crippen LogP contribution in [-0.4, -0.2) is 5.54 Å². The van der Waals surface area contributed by atoms with Crippen LogP contribution in [0.4, 0.5) is 4.39 Å². The van der Waals surface area contributed by atoms with Crippen LogP contribution in [0.3, 0.4) is 0 Å². The third-order valence-electron chi connectivity index (χ3n) is 2.70. The number of rotatable bonds is 3. The van der Waals surface area contributed by atoms with Crippen molar-refractivity contribution >= 4 is 0 Å². The van der Waals surface area contributed by atoms with Gasteiger partial charge in [0.1, 0.15) is 6.67 Å². The molecule has 0 saturated heterocycles. The molecule has 2 rings (SSSR count). The Kier molecular flexibility index (Phi) is 2.08. The molecule has 1 aliphatic rings. The van der Waals surface area contributed by atoms with E-state index in [1.165, 1.54) is 0 Å². The average molecular weight is 179 g/mol. The highest BCUT2D eigenvalue weighted by molar-refractivity contribution is 5.29. The number of hydrogen-bond acceptors (Lipinski definition) is 1. The van der Waals surface area contributed by atoms with E-state index < -0.39 is 0 Å². The molecule has 1 saturated carbocycles. The lowest BCUT2D eigenvalue weighted by atomic mass is 10.00. The molecule has 1 fully saturated rings. The van der Waals surface area contributed by atoms with E-state index >= 15 is 0 Å². The molecule has 70 valence electrons. The molecule has 0 aromatic heterocycles. The Hall–Kier alpha value is -0.890. The second-order valence-corrected chi connectivity index (χ2v) is 3.94. The predicted octanol–water partition coefficient (Wildman–Crippen LogP) is 2.19. The molecular formula is C11H14FN. The summed E-state index contributed by atoms with van der Waals surface area (Å²) in [5.74, 6) is 0. The Morgan fingerprint density at radius 2 is 1.85 bits per heavy atom. The van der Waals surface area contributed by atoms with Crippen molar-refractivity contribution in [1.29, 1.82) is 0 Å². The van der Waals surface area contributed by atoms with Gasteiger partial charge in [0.05, 0.1) is 0 Å². The van der Waals surface area contributed by atoms with Gasteiger partial charge in [-0.05, 0) is 30.4 Å². The molecule has 0 radical (unpaired) electrons. The van der Waals surface area contributed by atoms with E-state index in [1.54, 1.807) is 0 Å². The number of hydrogen-bond donors (Lipinski definition) is 1. The maximum atomic E-state index is 12.5. The van der Waals surface area contributed by atoms with Crippen molar-refractivity contribution in [2.45, 2.75) is 31.5 Å². The molecule has 0 spiro atoms. The van der Waals surface area contributed by atoms with E-state index in [9.17, 15) is 4.39 Å². The van der Waals surface area contributed by atoms with Gasteiger partial charge in [-0.25, -0.2) is 4.39 Å². The minimum Gasteiger partial charge on any atom is -0.325 e. The first-order chi connectivity index (χ1) is 6.23. The fraction of sp³-hybridized carbons (Fsp3) is 0.455. The van der Waals surface area contributed by atoms with Gasteiger partial charge in [0.25, 0.3) is 0 Å². The van der Waals surface area contributed by atoms with Crippen molar-refractivity contribution in [3.8, 4) is 0 Å². The molecule has 1 aromatic carbocycles. The van der Waals surface area contributed by atoms with E-state index in [2.05, 4.69) is 0 Å². The first-order valence-corrected chi connectivity index (χ1v) is 4.65. The first kappa shape index (κ1) is 8.70. The number of halogens is 1. The summed E-state index contributed by atoms with van der Waals surface area (Å²) >= 11 is 0. The summed E-state index contributed by atoms with van der Waals surface area (Å²) in [4.78, 5) is 0. The van der Waals surface area contributed by atoms with Crippen LogP contribution in [0.2, 0.25) is 0 Å². The lowest BCUT2D eigenvalue weighted by Crippen LogP contribution is -2.25. The molecule has 2 heteroatoms. The number of benzene rings is 1. The van der Waals surface area contributed by atoms with E-state index in [1.807, 2.05) is 24.3 Å². The summed E-state index contributed by atoms with van der Waals surface area (Å²) in [5, 5.41) is 0. The van der Waals surface area contributed by atoms with Crippen LogP contribution in [0.25, 0.3) is 0 Å². The van der Waals surface area contributed by atoms with Gasteiger partial charge in [-0.15, -0.1) is 0 Å². The third-order valence-corrected chi connectivity index (χ3v) is 2.70. The Morgan fingerprint density at radius 1 is 1.23 bits per heavy atom. The second-order valence-electron chi connectivity index (χ2n) is 3.94. The zero-order valence-corrected chi connectivity index (χ0v) is 7.59. The molecule has 1 nitrogen and oxygen atoms in total. The summed E-state index contributed by atoms with van der Waals surface area (Å²) < 4.78 is 12.5. The van der Waals surface area contributed by atoms with Crippen molar-refractivity contribution < 1.29 is 4.39 Å². The van der Waals surface area contributed by atoms with Crippen LogP contribution in [0.1, 0.15) is 24.0 Å². The summed E-state index contributed by atoms with van der Waals surface area (Å²) in [6.07, 6.45) is 2.98.